The third kappa shape index (κ3) is 1.88. The SMILES string of the molecule is ON1CCNCCN1O. The standard InChI is InChI=1S/C4H11N3O2/c8-6-3-1-5-2-4-7(6)9/h5,8-9H,1-4H2. The Labute approximate surface area is 53.4 Å². The quantitative estimate of drug-likeness (QED) is 0.391. The van der Waals surface area contributed by atoms with E-state index in [1.807, 2.05) is 0 Å². The first-order chi connectivity index (χ1) is 4.30. The van der Waals surface area contributed by atoms with Crippen LogP contribution in [0.1, 0.15) is 0 Å². The van der Waals surface area contributed by atoms with E-state index >= 15 is 0 Å². The number of hydrazine groups is 1. The van der Waals surface area contributed by atoms with Gasteiger partial charge in [-0.3, -0.25) is 10.4 Å². The van der Waals surface area contributed by atoms with Crippen molar-refractivity contribution in [1.29, 1.82) is 0 Å². The van der Waals surface area contributed by atoms with E-state index in [-0.39, 0.29) is 0 Å². The zero-order valence-electron chi connectivity index (χ0n) is 5.12. The van der Waals surface area contributed by atoms with E-state index in [0.29, 0.717) is 26.2 Å². The molecule has 0 aromatic carbocycles. The summed E-state index contributed by atoms with van der Waals surface area (Å²) in [6.07, 6.45) is 0. The molecule has 0 amide bonds. The van der Waals surface area contributed by atoms with Gasteiger partial charge in [0.1, 0.15) is 0 Å². The van der Waals surface area contributed by atoms with Crippen molar-refractivity contribution in [2.45, 2.75) is 0 Å². The van der Waals surface area contributed by atoms with Crippen LogP contribution in [-0.2, 0) is 0 Å². The maximum atomic E-state index is 8.83. The van der Waals surface area contributed by atoms with Crippen LogP contribution in [0.3, 0.4) is 0 Å². The van der Waals surface area contributed by atoms with Crippen LogP contribution in [0.15, 0.2) is 0 Å². The number of nitrogens with one attached hydrogen (secondary N) is 1. The molecule has 0 unspecified atom stereocenters. The number of rotatable bonds is 0. The monoisotopic (exact) mass is 133 g/mol. The molecule has 1 saturated heterocycles. The predicted octanol–water partition coefficient (Wildman–Crippen LogP) is -1.11. The average molecular weight is 133 g/mol. The minimum atomic E-state index is 0.427. The number of hydrogen-bond acceptors (Lipinski definition) is 5. The van der Waals surface area contributed by atoms with Crippen molar-refractivity contribution in [3.05, 3.63) is 0 Å². The Hall–Kier alpha value is -0.200. The van der Waals surface area contributed by atoms with Crippen LogP contribution in [0.5, 0.6) is 0 Å². The van der Waals surface area contributed by atoms with E-state index in [9.17, 15) is 0 Å². The Bertz CT molecular complexity index is 79.9. The van der Waals surface area contributed by atoms with Crippen molar-refractivity contribution in [3.8, 4) is 0 Å². The minimum Gasteiger partial charge on any atom is -0.314 e. The fraction of sp³-hybridized carbons (Fsp3) is 1.00. The zero-order chi connectivity index (χ0) is 6.69. The fourth-order valence-corrected chi connectivity index (χ4v) is 0.714. The zero-order valence-corrected chi connectivity index (χ0v) is 5.12. The van der Waals surface area contributed by atoms with Gasteiger partial charge in [0.15, 0.2) is 0 Å². The lowest BCUT2D eigenvalue weighted by Crippen LogP contribution is -2.38. The van der Waals surface area contributed by atoms with Gasteiger partial charge < -0.3 is 5.32 Å². The Balaban J connectivity index is 2.32. The predicted molar refractivity (Wildman–Crippen MR) is 29.9 cm³/mol. The van der Waals surface area contributed by atoms with Gasteiger partial charge in [0.25, 0.3) is 0 Å². The molecule has 0 bridgehead atoms. The number of hydroxylamine groups is 2. The summed E-state index contributed by atoms with van der Waals surface area (Å²) in [4.78, 5) is 0. The molecule has 1 aliphatic rings. The molecule has 5 heteroatoms. The van der Waals surface area contributed by atoms with Crippen LogP contribution in [-0.4, -0.2) is 46.9 Å². The Kier molecular flexibility index (Phi) is 2.38. The maximum Gasteiger partial charge on any atom is 0.0549 e. The summed E-state index contributed by atoms with van der Waals surface area (Å²) < 4.78 is 0. The van der Waals surface area contributed by atoms with Gasteiger partial charge in [-0.15, -0.1) is 0 Å². The summed E-state index contributed by atoms with van der Waals surface area (Å²) in [7, 11) is 0. The summed E-state index contributed by atoms with van der Waals surface area (Å²) in [5.41, 5.74) is 0. The molecule has 0 saturated carbocycles. The van der Waals surface area contributed by atoms with Gasteiger partial charge in [0.2, 0.25) is 0 Å². The third-order valence-corrected chi connectivity index (χ3v) is 1.24. The van der Waals surface area contributed by atoms with Crippen molar-refractivity contribution < 1.29 is 10.4 Å². The van der Waals surface area contributed by atoms with Gasteiger partial charge in [-0.1, -0.05) is 10.3 Å². The van der Waals surface area contributed by atoms with Crippen LogP contribution >= 0.6 is 0 Å². The van der Waals surface area contributed by atoms with E-state index in [1.54, 1.807) is 0 Å². The van der Waals surface area contributed by atoms with E-state index in [0.717, 1.165) is 10.3 Å². The second-order valence-electron chi connectivity index (χ2n) is 1.94. The average Bonchev–Trinajstić information content (AvgIpc) is 1.99. The molecule has 1 fully saturated rings. The van der Waals surface area contributed by atoms with E-state index in [4.69, 9.17) is 10.4 Å². The minimum absolute atomic E-state index is 0.427. The first-order valence-electron chi connectivity index (χ1n) is 2.94. The van der Waals surface area contributed by atoms with Gasteiger partial charge in [0, 0.05) is 13.1 Å². The topological polar surface area (TPSA) is 59.0 Å². The van der Waals surface area contributed by atoms with Gasteiger partial charge in [-0.2, -0.15) is 0 Å². The summed E-state index contributed by atoms with van der Waals surface area (Å²) in [6.45, 7) is 2.26. The summed E-state index contributed by atoms with van der Waals surface area (Å²) in [6, 6.07) is 0. The van der Waals surface area contributed by atoms with Crippen molar-refractivity contribution in [2.24, 2.45) is 0 Å². The highest BCUT2D eigenvalue weighted by Crippen LogP contribution is 1.89. The Morgan fingerprint density at radius 1 is 1.00 bits per heavy atom. The first-order valence-corrected chi connectivity index (χ1v) is 2.94. The Morgan fingerprint density at radius 3 is 1.89 bits per heavy atom. The highest BCUT2D eigenvalue weighted by molar-refractivity contribution is 4.54. The van der Waals surface area contributed by atoms with E-state index in [2.05, 4.69) is 5.32 Å². The van der Waals surface area contributed by atoms with Crippen molar-refractivity contribution in [2.75, 3.05) is 26.2 Å². The van der Waals surface area contributed by atoms with Crippen LogP contribution in [0.2, 0.25) is 0 Å². The summed E-state index contributed by atoms with van der Waals surface area (Å²) >= 11 is 0. The van der Waals surface area contributed by atoms with E-state index < -0.39 is 0 Å². The van der Waals surface area contributed by atoms with Gasteiger partial charge in [0.05, 0.1) is 13.1 Å². The van der Waals surface area contributed by atoms with Crippen molar-refractivity contribution >= 4 is 0 Å². The van der Waals surface area contributed by atoms with Crippen LogP contribution in [0, 0.1) is 0 Å². The number of hydrogen-bond donors (Lipinski definition) is 3. The molecule has 5 nitrogen and oxygen atoms in total. The summed E-state index contributed by atoms with van der Waals surface area (Å²) in [5, 5.41) is 22.2. The number of nitrogens with zero attached hydrogens (tertiary/aromatic N) is 2. The molecular weight excluding hydrogens is 122 g/mol. The van der Waals surface area contributed by atoms with Crippen LogP contribution in [0.4, 0.5) is 0 Å². The highest BCUT2D eigenvalue weighted by Gasteiger charge is 2.11. The third-order valence-electron chi connectivity index (χ3n) is 1.24. The lowest BCUT2D eigenvalue weighted by molar-refractivity contribution is -0.361. The van der Waals surface area contributed by atoms with Crippen LogP contribution < -0.4 is 5.32 Å². The normalized spacial score (nSPS) is 26.0. The van der Waals surface area contributed by atoms with Crippen molar-refractivity contribution in [1.82, 2.24) is 15.7 Å². The molecule has 1 aliphatic heterocycles. The molecule has 9 heavy (non-hydrogen) atoms. The molecule has 0 aliphatic carbocycles. The molecule has 1 rings (SSSR count). The lowest BCUT2D eigenvalue weighted by Gasteiger charge is -2.19. The van der Waals surface area contributed by atoms with Gasteiger partial charge in [-0.05, 0) is 0 Å². The largest absolute Gasteiger partial charge is 0.314 e. The van der Waals surface area contributed by atoms with Gasteiger partial charge in [-0.25, -0.2) is 0 Å². The second kappa shape index (κ2) is 3.09. The maximum absolute atomic E-state index is 8.83. The van der Waals surface area contributed by atoms with Crippen molar-refractivity contribution in [3.63, 3.8) is 0 Å². The molecule has 0 radical (unpaired) electrons. The molecule has 0 spiro atoms. The van der Waals surface area contributed by atoms with E-state index in [1.165, 1.54) is 0 Å². The Morgan fingerprint density at radius 2 is 1.44 bits per heavy atom. The highest BCUT2D eigenvalue weighted by atomic mass is 16.7. The summed E-state index contributed by atoms with van der Waals surface area (Å²) in [5.74, 6) is 0. The van der Waals surface area contributed by atoms with Crippen LogP contribution in [0.25, 0.3) is 0 Å². The molecule has 1 heterocycles. The molecule has 0 atom stereocenters. The molecular formula is C4H11N3O2. The second-order valence-corrected chi connectivity index (χ2v) is 1.94. The molecule has 3 N–H and O–H groups in total. The van der Waals surface area contributed by atoms with Gasteiger partial charge >= 0.3 is 0 Å². The first kappa shape index (κ1) is 6.91. The molecule has 0 aromatic heterocycles. The lowest BCUT2D eigenvalue weighted by atomic mass is 10.6. The molecule has 0 aromatic rings. The smallest absolute Gasteiger partial charge is 0.0549 e. The molecule has 54 valence electrons. The fourth-order valence-electron chi connectivity index (χ4n) is 0.714.